The van der Waals surface area contributed by atoms with E-state index in [1.807, 2.05) is 11.8 Å². The Morgan fingerprint density at radius 3 is 2.11 bits per heavy atom. The summed E-state index contributed by atoms with van der Waals surface area (Å²) in [4.78, 5) is 25.5. The Labute approximate surface area is 118 Å². The third kappa shape index (κ3) is 3.18. The van der Waals surface area contributed by atoms with Crippen LogP contribution in [0.4, 0.5) is 0 Å². The van der Waals surface area contributed by atoms with Crippen LogP contribution in [0, 0.1) is 0 Å². The second-order valence-corrected chi connectivity index (χ2v) is 5.70. The standard InChI is InChI=1S/C15H19NO2S/c1-19-11-7-3-2-6-10-16-14(17)12-8-4-5-9-13(12)15(16)18/h4-5,8-9H,2-3,6-7,10-11H2,1H3. The zero-order chi connectivity index (χ0) is 13.7. The molecule has 2 amide bonds. The molecule has 0 unspecified atom stereocenters. The summed E-state index contributed by atoms with van der Waals surface area (Å²) in [5.74, 6) is 0.918. The van der Waals surface area contributed by atoms with Crippen molar-refractivity contribution >= 4 is 23.6 Å². The molecule has 0 saturated heterocycles. The van der Waals surface area contributed by atoms with Crippen molar-refractivity contribution in [1.82, 2.24) is 4.90 Å². The maximum absolute atomic E-state index is 12.1. The van der Waals surface area contributed by atoms with Crippen LogP contribution in [0.2, 0.25) is 0 Å². The Morgan fingerprint density at radius 1 is 0.947 bits per heavy atom. The minimum absolute atomic E-state index is 0.135. The van der Waals surface area contributed by atoms with E-state index in [1.54, 1.807) is 24.3 Å². The predicted octanol–water partition coefficient (Wildman–Crippen LogP) is 3.21. The highest BCUT2D eigenvalue weighted by atomic mass is 32.2. The molecule has 0 fully saturated rings. The zero-order valence-electron chi connectivity index (χ0n) is 11.2. The van der Waals surface area contributed by atoms with Gasteiger partial charge in [0.15, 0.2) is 0 Å². The molecule has 0 spiro atoms. The number of carbonyl (C=O) groups excluding carboxylic acids is 2. The van der Waals surface area contributed by atoms with E-state index in [0.29, 0.717) is 17.7 Å². The molecular formula is C15H19NO2S. The quantitative estimate of drug-likeness (QED) is 0.567. The van der Waals surface area contributed by atoms with Gasteiger partial charge in [-0.25, -0.2) is 0 Å². The monoisotopic (exact) mass is 277 g/mol. The Kier molecular flexibility index (Phi) is 5.02. The molecule has 0 saturated carbocycles. The van der Waals surface area contributed by atoms with Crippen molar-refractivity contribution in [3.05, 3.63) is 35.4 Å². The molecule has 0 atom stereocenters. The summed E-state index contributed by atoms with van der Waals surface area (Å²) in [6.45, 7) is 0.547. The topological polar surface area (TPSA) is 37.4 Å². The lowest BCUT2D eigenvalue weighted by atomic mass is 10.1. The van der Waals surface area contributed by atoms with Gasteiger partial charge in [-0.1, -0.05) is 25.0 Å². The van der Waals surface area contributed by atoms with Crippen molar-refractivity contribution in [2.75, 3.05) is 18.6 Å². The number of fused-ring (bicyclic) bond motifs is 1. The third-order valence-electron chi connectivity index (χ3n) is 3.36. The smallest absolute Gasteiger partial charge is 0.261 e. The van der Waals surface area contributed by atoms with Crippen LogP contribution in [0.25, 0.3) is 0 Å². The van der Waals surface area contributed by atoms with Crippen molar-refractivity contribution in [1.29, 1.82) is 0 Å². The number of hydrogen-bond donors (Lipinski definition) is 0. The number of nitrogens with zero attached hydrogens (tertiary/aromatic N) is 1. The lowest BCUT2D eigenvalue weighted by Gasteiger charge is -2.13. The summed E-state index contributed by atoms with van der Waals surface area (Å²) in [5, 5.41) is 0. The highest BCUT2D eigenvalue weighted by Gasteiger charge is 2.34. The van der Waals surface area contributed by atoms with Gasteiger partial charge in [0.05, 0.1) is 11.1 Å². The highest BCUT2D eigenvalue weighted by molar-refractivity contribution is 7.98. The normalized spacial score (nSPS) is 14.1. The lowest BCUT2D eigenvalue weighted by molar-refractivity contribution is 0.0651. The van der Waals surface area contributed by atoms with Crippen LogP contribution < -0.4 is 0 Å². The van der Waals surface area contributed by atoms with E-state index in [9.17, 15) is 9.59 Å². The average Bonchev–Trinajstić information content (AvgIpc) is 2.68. The van der Waals surface area contributed by atoms with E-state index < -0.39 is 0 Å². The van der Waals surface area contributed by atoms with Crippen LogP contribution in [0.3, 0.4) is 0 Å². The van der Waals surface area contributed by atoms with Gasteiger partial charge in [0.25, 0.3) is 11.8 Å². The fourth-order valence-corrected chi connectivity index (χ4v) is 2.80. The van der Waals surface area contributed by atoms with Crippen LogP contribution in [0.5, 0.6) is 0 Å². The maximum atomic E-state index is 12.1. The summed E-state index contributed by atoms with van der Waals surface area (Å²) < 4.78 is 0. The number of hydrogen-bond acceptors (Lipinski definition) is 3. The van der Waals surface area contributed by atoms with E-state index in [-0.39, 0.29) is 11.8 Å². The van der Waals surface area contributed by atoms with Gasteiger partial charge in [-0.05, 0) is 37.0 Å². The molecule has 0 aromatic heterocycles. The molecule has 0 aliphatic carbocycles. The van der Waals surface area contributed by atoms with Gasteiger partial charge in [-0.2, -0.15) is 11.8 Å². The van der Waals surface area contributed by atoms with E-state index in [1.165, 1.54) is 23.5 Å². The van der Waals surface area contributed by atoms with Gasteiger partial charge < -0.3 is 0 Å². The van der Waals surface area contributed by atoms with Crippen molar-refractivity contribution in [2.45, 2.75) is 25.7 Å². The Morgan fingerprint density at radius 2 is 1.53 bits per heavy atom. The molecule has 0 radical (unpaired) electrons. The van der Waals surface area contributed by atoms with Crippen LogP contribution in [0.15, 0.2) is 24.3 Å². The fourth-order valence-electron chi connectivity index (χ4n) is 2.31. The highest BCUT2D eigenvalue weighted by Crippen LogP contribution is 2.22. The number of unbranched alkanes of at least 4 members (excludes halogenated alkanes) is 3. The molecule has 1 aliphatic rings. The van der Waals surface area contributed by atoms with E-state index in [4.69, 9.17) is 0 Å². The van der Waals surface area contributed by atoms with E-state index >= 15 is 0 Å². The molecule has 2 rings (SSSR count). The van der Waals surface area contributed by atoms with Crippen LogP contribution in [-0.4, -0.2) is 35.3 Å². The van der Waals surface area contributed by atoms with E-state index in [0.717, 1.165) is 12.8 Å². The molecule has 1 aliphatic heterocycles. The second-order valence-electron chi connectivity index (χ2n) is 4.71. The largest absolute Gasteiger partial charge is 0.274 e. The molecule has 4 heteroatoms. The maximum Gasteiger partial charge on any atom is 0.261 e. The first kappa shape index (κ1) is 14.1. The summed E-state index contributed by atoms with van der Waals surface area (Å²) in [6, 6.07) is 7.06. The SMILES string of the molecule is CSCCCCCCN1C(=O)c2ccccc2C1=O. The molecule has 3 nitrogen and oxygen atoms in total. The van der Waals surface area contributed by atoms with E-state index in [2.05, 4.69) is 6.26 Å². The molecule has 19 heavy (non-hydrogen) atoms. The van der Waals surface area contributed by atoms with Crippen molar-refractivity contribution in [3.8, 4) is 0 Å². The van der Waals surface area contributed by atoms with Crippen LogP contribution in [0.1, 0.15) is 46.4 Å². The molecule has 1 aromatic carbocycles. The van der Waals surface area contributed by atoms with Crippen molar-refractivity contribution in [2.24, 2.45) is 0 Å². The summed E-state index contributed by atoms with van der Waals surface area (Å²) in [5.41, 5.74) is 1.10. The molecule has 102 valence electrons. The fraction of sp³-hybridized carbons (Fsp3) is 0.467. The minimum Gasteiger partial charge on any atom is -0.274 e. The van der Waals surface area contributed by atoms with Gasteiger partial charge in [0.1, 0.15) is 0 Å². The first-order valence-corrected chi connectivity index (χ1v) is 8.09. The van der Waals surface area contributed by atoms with Crippen molar-refractivity contribution in [3.63, 3.8) is 0 Å². The predicted molar refractivity (Wildman–Crippen MR) is 78.7 cm³/mol. The molecule has 0 N–H and O–H groups in total. The molecule has 0 bridgehead atoms. The Balaban J connectivity index is 1.83. The average molecular weight is 277 g/mol. The first-order valence-electron chi connectivity index (χ1n) is 6.70. The number of thioether (sulfide) groups is 1. The first-order chi connectivity index (χ1) is 9.25. The summed E-state index contributed by atoms with van der Waals surface area (Å²) in [6.07, 6.45) is 6.47. The van der Waals surface area contributed by atoms with Gasteiger partial charge in [0.2, 0.25) is 0 Å². The molecular weight excluding hydrogens is 258 g/mol. The van der Waals surface area contributed by atoms with Crippen LogP contribution >= 0.6 is 11.8 Å². The van der Waals surface area contributed by atoms with Crippen molar-refractivity contribution < 1.29 is 9.59 Å². The number of rotatable bonds is 7. The van der Waals surface area contributed by atoms with Gasteiger partial charge in [-0.15, -0.1) is 0 Å². The number of amides is 2. The van der Waals surface area contributed by atoms with Crippen LogP contribution in [-0.2, 0) is 0 Å². The zero-order valence-corrected chi connectivity index (χ0v) is 12.0. The summed E-state index contributed by atoms with van der Waals surface area (Å²) in [7, 11) is 0. The molecule has 1 aromatic rings. The number of imide groups is 1. The third-order valence-corrected chi connectivity index (χ3v) is 4.06. The Bertz CT molecular complexity index is 438. The van der Waals surface area contributed by atoms with Gasteiger partial charge >= 0.3 is 0 Å². The lowest BCUT2D eigenvalue weighted by Crippen LogP contribution is -2.30. The van der Waals surface area contributed by atoms with Gasteiger partial charge in [-0.3, -0.25) is 14.5 Å². The van der Waals surface area contributed by atoms with Gasteiger partial charge in [0, 0.05) is 6.54 Å². The second kappa shape index (κ2) is 6.75. The summed E-state index contributed by atoms with van der Waals surface area (Å²) >= 11 is 1.86. The molecule has 1 heterocycles. The number of carbonyl (C=O) groups is 2. The Hall–Kier alpha value is -1.29. The number of benzene rings is 1. The minimum atomic E-state index is -0.135.